The van der Waals surface area contributed by atoms with E-state index in [1.165, 1.54) is 35.2 Å². The van der Waals surface area contributed by atoms with Crippen molar-refractivity contribution in [3.8, 4) is 0 Å². The fourth-order valence-corrected chi connectivity index (χ4v) is 2.85. The van der Waals surface area contributed by atoms with Crippen LogP contribution < -0.4 is 0 Å². The van der Waals surface area contributed by atoms with Crippen LogP contribution in [0.15, 0.2) is 42.5 Å². The quantitative estimate of drug-likeness (QED) is 0.574. The Morgan fingerprint density at radius 3 is 2.48 bits per heavy atom. The Balaban J connectivity index is 1.73. The largest absolute Gasteiger partial charge is 0.457 e. The molecule has 0 bridgehead atoms. The van der Waals surface area contributed by atoms with Gasteiger partial charge in [-0.25, -0.2) is 9.18 Å². The molecule has 0 atom stereocenters. The summed E-state index contributed by atoms with van der Waals surface area (Å²) in [5, 5.41) is 0. The van der Waals surface area contributed by atoms with Crippen LogP contribution in [0.1, 0.15) is 56.9 Å². The zero-order valence-corrected chi connectivity index (χ0v) is 15.2. The van der Waals surface area contributed by atoms with Gasteiger partial charge in [0.05, 0.1) is 16.7 Å². The molecule has 0 unspecified atom stereocenters. The van der Waals surface area contributed by atoms with Crippen molar-refractivity contribution in [2.45, 2.75) is 26.9 Å². The first-order chi connectivity index (χ1) is 12.9. The summed E-state index contributed by atoms with van der Waals surface area (Å²) in [5.74, 6) is -1.53. The van der Waals surface area contributed by atoms with E-state index in [0.29, 0.717) is 18.9 Å². The number of nitrogens with zero attached hydrogens (tertiary/aromatic N) is 1. The number of carbonyl (C=O) groups is 3. The molecular weight excluding hydrogens is 349 g/mol. The molecule has 1 heterocycles. The first kappa shape index (κ1) is 18.8. The molecule has 0 saturated carbocycles. The van der Waals surface area contributed by atoms with Gasteiger partial charge in [-0.05, 0) is 36.6 Å². The summed E-state index contributed by atoms with van der Waals surface area (Å²) in [6.45, 7) is 4.16. The zero-order chi connectivity index (χ0) is 19.6. The average molecular weight is 369 g/mol. The van der Waals surface area contributed by atoms with Crippen LogP contribution in [0.2, 0.25) is 0 Å². The summed E-state index contributed by atoms with van der Waals surface area (Å²) in [7, 11) is 0. The minimum atomic E-state index is -0.679. The number of benzene rings is 2. The maximum absolute atomic E-state index is 13.6. The number of imide groups is 1. The topological polar surface area (TPSA) is 63.7 Å². The van der Waals surface area contributed by atoms with Crippen molar-refractivity contribution in [1.82, 2.24) is 4.90 Å². The van der Waals surface area contributed by atoms with Gasteiger partial charge in [-0.3, -0.25) is 14.5 Å². The highest BCUT2D eigenvalue weighted by Crippen LogP contribution is 2.25. The van der Waals surface area contributed by atoms with Gasteiger partial charge in [-0.15, -0.1) is 0 Å². The van der Waals surface area contributed by atoms with E-state index in [1.807, 2.05) is 13.8 Å². The van der Waals surface area contributed by atoms with Crippen molar-refractivity contribution in [3.05, 3.63) is 70.5 Å². The maximum Gasteiger partial charge on any atom is 0.338 e. The summed E-state index contributed by atoms with van der Waals surface area (Å²) < 4.78 is 18.7. The second-order valence-electron chi connectivity index (χ2n) is 6.87. The Morgan fingerprint density at radius 1 is 1.07 bits per heavy atom. The van der Waals surface area contributed by atoms with Gasteiger partial charge in [-0.2, -0.15) is 0 Å². The number of amides is 2. The predicted molar refractivity (Wildman–Crippen MR) is 96.8 cm³/mol. The van der Waals surface area contributed by atoms with Gasteiger partial charge >= 0.3 is 5.97 Å². The fourth-order valence-electron chi connectivity index (χ4n) is 2.85. The molecule has 140 valence electrons. The van der Waals surface area contributed by atoms with E-state index in [2.05, 4.69) is 0 Å². The molecule has 1 aliphatic heterocycles. The molecule has 0 N–H and O–H groups in total. The molecule has 0 saturated heterocycles. The van der Waals surface area contributed by atoms with Crippen LogP contribution in [-0.4, -0.2) is 29.2 Å². The smallest absolute Gasteiger partial charge is 0.338 e. The highest BCUT2D eigenvalue weighted by Gasteiger charge is 2.35. The number of hydrogen-bond acceptors (Lipinski definition) is 4. The van der Waals surface area contributed by atoms with E-state index >= 15 is 0 Å². The summed E-state index contributed by atoms with van der Waals surface area (Å²) in [4.78, 5) is 38.4. The SMILES string of the molecule is CC(C)CCN1C(=O)c2ccc(C(=O)OCc3ccccc3F)cc2C1=O. The molecule has 0 spiro atoms. The second kappa shape index (κ2) is 7.70. The van der Waals surface area contributed by atoms with Crippen LogP contribution >= 0.6 is 0 Å². The Labute approximate surface area is 156 Å². The number of hydrogen-bond donors (Lipinski definition) is 0. The number of fused-ring (bicyclic) bond motifs is 1. The minimum Gasteiger partial charge on any atom is -0.457 e. The van der Waals surface area contributed by atoms with Crippen molar-refractivity contribution in [2.75, 3.05) is 6.54 Å². The predicted octanol–water partition coefficient (Wildman–Crippen LogP) is 3.82. The third-order valence-electron chi connectivity index (χ3n) is 4.45. The van der Waals surface area contributed by atoms with Crippen LogP contribution in [0, 0.1) is 11.7 Å². The number of esters is 1. The normalized spacial score (nSPS) is 13.3. The van der Waals surface area contributed by atoms with E-state index in [0.717, 1.165) is 0 Å². The third kappa shape index (κ3) is 3.89. The molecule has 2 aromatic rings. The molecule has 2 aromatic carbocycles. The first-order valence-corrected chi connectivity index (χ1v) is 8.79. The fraction of sp³-hybridized carbons (Fsp3) is 0.286. The van der Waals surface area contributed by atoms with Crippen molar-refractivity contribution in [3.63, 3.8) is 0 Å². The minimum absolute atomic E-state index is 0.150. The van der Waals surface area contributed by atoms with Crippen LogP contribution in [0.5, 0.6) is 0 Å². The van der Waals surface area contributed by atoms with Crippen molar-refractivity contribution >= 4 is 17.8 Å². The van der Waals surface area contributed by atoms with E-state index < -0.39 is 17.7 Å². The Hall–Kier alpha value is -3.02. The maximum atomic E-state index is 13.6. The van der Waals surface area contributed by atoms with Gasteiger partial charge in [0.25, 0.3) is 11.8 Å². The molecule has 0 radical (unpaired) electrons. The van der Waals surface area contributed by atoms with E-state index in [9.17, 15) is 18.8 Å². The summed E-state index contributed by atoms with van der Waals surface area (Å²) in [6.07, 6.45) is 0.711. The lowest BCUT2D eigenvalue weighted by Gasteiger charge is -2.14. The van der Waals surface area contributed by atoms with Crippen LogP contribution in [-0.2, 0) is 11.3 Å². The number of ether oxygens (including phenoxy) is 1. The summed E-state index contributed by atoms with van der Waals surface area (Å²) >= 11 is 0. The molecular formula is C21H20FNO4. The van der Waals surface area contributed by atoms with E-state index in [1.54, 1.807) is 12.1 Å². The molecule has 2 amide bonds. The molecule has 5 nitrogen and oxygen atoms in total. The molecule has 0 aliphatic carbocycles. The second-order valence-corrected chi connectivity index (χ2v) is 6.87. The van der Waals surface area contributed by atoms with Crippen molar-refractivity contribution < 1.29 is 23.5 Å². The Morgan fingerprint density at radius 2 is 1.78 bits per heavy atom. The molecule has 1 aliphatic rings. The lowest BCUT2D eigenvalue weighted by molar-refractivity contribution is 0.0468. The van der Waals surface area contributed by atoms with Crippen LogP contribution in [0.3, 0.4) is 0 Å². The molecule has 6 heteroatoms. The summed E-state index contributed by atoms with van der Waals surface area (Å²) in [6, 6.07) is 10.3. The first-order valence-electron chi connectivity index (χ1n) is 8.79. The van der Waals surface area contributed by atoms with Gasteiger partial charge in [0.2, 0.25) is 0 Å². The van der Waals surface area contributed by atoms with Crippen LogP contribution in [0.25, 0.3) is 0 Å². The number of carbonyl (C=O) groups excluding carboxylic acids is 3. The zero-order valence-electron chi connectivity index (χ0n) is 15.2. The van der Waals surface area contributed by atoms with Gasteiger partial charge in [0.1, 0.15) is 12.4 Å². The van der Waals surface area contributed by atoms with Gasteiger partial charge in [-0.1, -0.05) is 32.0 Å². The highest BCUT2D eigenvalue weighted by atomic mass is 19.1. The molecule has 0 aromatic heterocycles. The van der Waals surface area contributed by atoms with Crippen molar-refractivity contribution in [1.29, 1.82) is 0 Å². The third-order valence-corrected chi connectivity index (χ3v) is 4.45. The lowest BCUT2D eigenvalue weighted by Crippen LogP contribution is -2.31. The van der Waals surface area contributed by atoms with E-state index in [-0.39, 0.29) is 34.8 Å². The van der Waals surface area contributed by atoms with Gasteiger partial charge in [0, 0.05) is 12.1 Å². The lowest BCUT2D eigenvalue weighted by atomic mass is 10.1. The monoisotopic (exact) mass is 369 g/mol. The van der Waals surface area contributed by atoms with Crippen molar-refractivity contribution in [2.24, 2.45) is 5.92 Å². The summed E-state index contributed by atoms with van der Waals surface area (Å²) in [5.41, 5.74) is 0.897. The molecule has 27 heavy (non-hydrogen) atoms. The van der Waals surface area contributed by atoms with Gasteiger partial charge in [0.15, 0.2) is 0 Å². The van der Waals surface area contributed by atoms with Crippen LogP contribution in [0.4, 0.5) is 4.39 Å². The molecule has 0 fully saturated rings. The Bertz CT molecular complexity index is 907. The molecule has 3 rings (SSSR count). The number of rotatable bonds is 6. The standard InChI is InChI=1S/C21H20FNO4/c1-13(2)9-10-23-19(24)16-8-7-14(11-17(16)20(23)25)21(26)27-12-15-5-3-4-6-18(15)22/h3-8,11,13H,9-10,12H2,1-2H3. The highest BCUT2D eigenvalue weighted by molar-refractivity contribution is 6.21. The Kier molecular flexibility index (Phi) is 5.35. The van der Waals surface area contributed by atoms with E-state index in [4.69, 9.17) is 4.74 Å². The number of halogens is 1. The average Bonchev–Trinajstić information content (AvgIpc) is 2.89. The van der Waals surface area contributed by atoms with Gasteiger partial charge < -0.3 is 4.74 Å².